The number of hydrogen-bond acceptors (Lipinski definition) is 2. The maximum absolute atomic E-state index is 12.0. The quantitative estimate of drug-likeness (QED) is 0.661. The van der Waals surface area contributed by atoms with Gasteiger partial charge in [-0.05, 0) is 6.92 Å². The zero-order valence-electron chi connectivity index (χ0n) is 6.61. The van der Waals surface area contributed by atoms with Crippen LogP contribution < -0.4 is 11.1 Å². The molecule has 0 saturated heterocycles. The molecule has 0 aliphatic rings. The Labute approximate surface area is 68.1 Å². The van der Waals surface area contributed by atoms with Gasteiger partial charge in [-0.2, -0.15) is 13.2 Å². The van der Waals surface area contributed by atoms with E-state index in [-0.39, 0.29) is 6.54 Å². The van der Waals surface area contributed by atoms with E-state index in [0.29, 0.717) is 0 Å². The van der Waals surface area contributed by atoms with E-state index in [2.05, 4.69) is 5.32 Å². The van der Waals surface area contributed by atoms with Gasteiger partial charge in [0.05, 0.1) is 0 Å². The second-order valence-corrected chi connectivity index (χ2v) is 2.22. The molecule has 0 spiro atoms. The molecule has 0 fully saturated rings. The Morgan fingerprint density at radius 2 is 2.08 bits per heavy atom. The maximum Gasteiger partial charge on any atom is 0.401 e. The summed E-state index contributed by atoms with van der Waals surface area (Å²) in [5.74, 6) is -3.15. The molecule has 0 heterocycles. The van der Waals surface area contributed by atoms with Crippen LogP contribution in [-0.2, 0) is 4.79 Å². The zero-order valence-corrected chi connectivity index (χ0v) is 6.61. The first-order valence-electron chi connectivity index (χ1n) is 3.48. The first-order chi connectivity index (χ1) is 5.43. The van der Waals surface area contributed by atoms with Crippen molar-refractivity contribution in [3.8, 4) is 0 Å². The minimum atomic E-state index is -4.55. The molecule has 0 aliphatic heterocycles. The van der Waals surface area contributed by atoms with Crippen molar-refractivity contribution in [2.24, 2.45) is 11.7 Å². The minimum absolute atomic E-state index is 0.172. The second kappa shape index (κ2) is 4.30. The third kappa shape index (κ3) is 3.08. The molecule has 3 N–H and O–H groups in total. The summed E-state index contributed by atoms with van der Waals surface area (Å²) in [4.78, 5) is 10.7. The van der Waals surface area contributed by atoms with Crippen molar-refractivity contribution in [2.45, 2.75) is 13.1 Å². The molecule has 12 heavy (non-hydrogen) atoms. The fraction of sp³-hybridized carbons (Fsp3) is 0.833. The molecule has 6 heteroatoms. The predicted molar refractivity (Wildman–Crippen MR) is 37.3 cm³/mol. The summed E-state index contributed by atoms with van der Waals surface area (Å²) >= 11 is 0. The zero-order chi connectivity index (χ0) is 9.78. The molecule has 0 aromatic carbocycles. The van der Waals surface area contributed by atoms with Gasteiger partial charge in [-0.3, -0.25) is 4.79 Å². The largest absolute Gasteiger partial charge is 0.401 e. The molecular weight excluding hydrogens is 173 g/mol. The molecule has 0 radical (unpaired) electrons. The van der Waals surface area contributed by atoms with Crippen LogP contribution in [-0.4, -0.2) is 25.2 Å². The number of alkyl halides is 3. The number of rotatable bonds is 3. The summed E-state index contributed by atoms with van der Waals surface area (Å²) in [5, 5.41) is 2.06. The van der Waals surface area contributed by atoms with Crippen LogP contribution >= 0.6 is 0 Å². The van der Waals surface area contributed by atoms with E-state index in [1.165, 1.54) is 0 Å². The maximum atomic E-state index is 12.0. The minimum Gasteiger partial charge on any atom is -0.356 e. The van der Waals surface area contributed by atoms with Crippen LogP contribution in [0.3, 0.4) is 0 Å². The molecule has 0 saturated carbocycles. The summed E-state index contributed by atoms with van der Waals surface area (Å²) in [6.45, 7) is 1.00. The lowest BCUT2D eigenvalue weighted by Crippen LogP contribution is -2.43. The highest BCUT2D eigenvalue weighted by Crippen LogP contribution is 2.25. The Morgan fingerprint density at radius 1 is 1.58 bits per heavy atom. The van der Waals surface area contributed by atoms with Gasteiger partial charge in [-0.25, -0.2) is 0 Å². The Balaban J connectivity index is 4.25. The van der Waals surface area contributed by atoms with Gasteiger partial charge in [0.25, 0.3) is 0 Å². The standard InChI is InChI=1S/C6H11F3N2O/c1-2-11-5(12)4(3-10)6(7,8)9/h4H,2-3,10H2,1H3,(H,11,12). The number of amides is 1. The first-order valence-corrected chi connectivity index (χ1v) is 3.48. The van der Waals surface area contributed by atoms with E-state index in [1.54, 1.807) is 6.92 Å². The Hall–Kier alpha value is -0.780. The Morgan fingerprint density at radius 3 is 2.33 bits per heavy atom. The number of carbonyl (C=O) groups excluding carboxylic acids is 1. The Bertz CT molecular complexity index is 157. The monoisotopic (exact) mass is 184 g/mol. The highest BCUT2D eigenvalue weighted by molar-refractivity contribution is 5.79. The average Bonchev–Trinajstić information content (AvgIpc) is 1.85. The van der Waals surface area contributed by atoms with E-state index in [0.717, 1.165) is 0 Å². The lowest BCUT2D eigenvalue weighted by Gasteiger charge is -2.16. The second-order valence-electron chi connectivity index (χ2n) is 2.22. The topological polar surface area (TPSA) is 55.1 Å². The van der Waals surface area contributed by atoms with E-state index < -0.39 is 24.5 Å². The molecule has 0 bridgehead atoms. The molecule has 0 rings (SSSR count). The van der Waals surface area contributed by atoms with E-state index in [1.807, 2.05) is 0 Å². The summed E-state index contributed by atoms with van der Waals surface area (Å²) in [7, 11) is 0. The van der Waals surface area contributed by atoms with Crippen molar-refractivity contribution in [2.75, 3.05) is 13.1 Å². The number of nitrogens with one attached hydrogen (secondary N) is 1. The van der Waals surface area contributed by atoms with Gasteiger partial charge < -0.3 is 11.1 Å². The van der Waals surface area contributed by atoms with Crippen molar-refractivity contribution in [3.63, 3.8) is 0 Å². The van der Waals surface area contributed by atoms with Gasteiger partial charge in [-0.1, -0.05) is 0 Å². The average molecular weight is 184 g/mol. The summed E-state index contributed by atoms with van der Waals surface area (Å²) in [5.41, 5.74) is 4.81. The fourth-order valence-corrected chi connectivity index (χ4v) is 0.687. The van der Waals surface area contributed by atoms with Crippen LogP contribution in [0.5, 0.6) is 0 Å². The SMILES string of the molecule is CCNC(=O)C(CN)C(F)(F)F. The van der Waals surface area contributed by atoms with Crippen LogP contribution in [0.25, 0.3) is 0 Å². The van der Waals surface area contributed by atoms with E-state index in [9.17, 15) is 18.0 Å². The normalized spacial score (nSPS) is 14.1. The summed E-state index contributed by atoms with van der Waals surface area (Å²) in [6.07, 6.45) is -4.55. The number of nitrogens with two attached hydrogens (primary N) is 1. The van der Waals surface area contributed by atoms with Gasteiger partial charge in [0.15, 0.2) is 0 Å². The number of hydrogen-bond donors (Lipinski definition) is 2. The third-order valence-corrected chi connectivity index (χ3v) is 1.30. The van der Waals surface area contributed by atoms with Crippen LogP contribution in [0.15, 0.2) is 0 Å². The van der Waals surface area contributed by atoms with E-state index in [4.69, 9.17) is 5.73 Å². The van der Waals surface area contributed by atoms with Gasteiger partial charge in [0, 0.05) is 13.1 Å². The van der Waals surface area contributed by atoms with Gasteiger partial charge in [0.1, 0.15) is 5.92 Å². The van der Waals surface area contributed by atoms with Crippen molar-refractivity contribution in [1.29, 1.82) is 0 Å². The van der Waals surface area contributed by atoms with Crippen LogP contribution in [0.2, 0.25) is 0 Å². The van der Waals surface area contributed by atoms with Crippen molar-refractivity contribution < 1.29 is 18.0 Å². The molecule has 0 aromatic rings. The van der Waals surface area contributed by atoms with Crippen molar-refractivity contribution in [3.05, 3.63) is 0 Å². The summed E-state index contributed by atoms with van der Waals surface area (Å²) in [6, 6.07) is 0. The highest BCUT2D eigenvalue weighted by Gasteiger charge is 2.43. The van der Waals surface area contributed by atoms with E-state index >= 15 is 0 Å². The lowest BCUT2D eigenvalue weighted by molar-refractivity contribution is -0.180. The van der Waals surface area contributed by atoms with Crippen molar-refractivity contribution in [1.82, 2.24) is 5.32 Å². The molecule has 72 valence electrons. The molecule has 1 unspecified atom stereocenters. The smallest absolute Gasteiger partial charge is 0.356 e. The molecule has 0 aliphatic carbocycles. The van der Waals surface area contributed by atoms with Gasteiger partial charge in [-0.15, -0.1) is 0 Å². The molecule has 1 atom stereocenters. The predicted octanol–water partition coefficient (Wildman–Crippen LogP) is 0.260. The summed E-state index contributed by atoms with van der Waals surface area (Å²) < 4.78 is 35.9. The van der Waals surface area contributed by atoms with Crippen LogP contribution in [0.1, 0.15) is 6.92 Å². The van der Waals surface area contributed by atoms with Gasteiger partial charge in [0.2, 0.25) is 5.91 Å². The molecule has 0 aromatic heterocycles. The molecular formula is C6H11F3N2O. The van der Waals surface area contributed by atoms with Gasteiger partial charge >= 0.3 is 6.18 Å². The number of carbonyl (C=O) groups is 1. The fourth-order valence-electron chi connectivity index (χ4n) is 0.687. The molecule has 1 amide bonds. The lowest BCUT2D eigenvalue weighted by atomic mass is 10.1. The molecule has 3 nitrogen and oxygen atoms in total. The number of halogens is 3. The van der Waals surface area contributed by atoms with Crippen LogP contribution in [0.4, 0.5) is 13.2 Å². The third-order valence-electron chi connectivity index (χ3n) is 1.30. The first kappa shape index (κ1) is 11.2. The highest BCUT2D eigenvalue weighted by atomic mass is 19.4. The Kier molecular flexibility index (Phi) is 4.02. The van der Waals surface area contributed by atoms with Crippen LogP contribution in [0, 0.1) is 5.92 Å². The van der Waals surface area contributed by atoms with Crippen molar-refractivity contribution >= 4 is 5.91 Å².